The number of rotatable bonds is 7. The van der Waals surface area contributed by atoms with E-state index >= 15 is 0 Å². The second kappa shape index (κ2) is 7.46. The summed E-state index contributed by atoms with van der Waals surface area (Å²) in [4.78, 5) is 0. The number of benzene rings is 1. The van der Waals surface area contributed by atoms with Crippen molar-refractivity contribution in [2.24, 2.45) is 5.92 Å². The summed E-state index contributed by atoms with van der Waals surface area (Å²) in [6, 6.07) is 4.78. The van der Waals surface area contributed by atoms with E-state index in [-0.39, 0.29) is 23.9 Å². The lowest BCUT2D eigenvalue weighted by Gasteiger charge is -2.30. The summed E-state index contributed by atoms with van der Waals surface area (Å²) in [7, 11) is 3.19. The highest BCUT2D eigenvalue weighted by molar-refractivity contribution is 5.31. The van der Waals surface area contributed by atoms with Crippen molar-refractivity contribution < 1.29 is 13.9 Å². The van der Waals surface area contributed by atoms with Crippen molar-refractivity contribution in [1.29, 1.82) is 0 Å². The highest BCUT2D eigenvalue weighted by Crippen LogP contribution is 2.28. The van der Waals surface area contributed by atoms with E-state index in [2.05, 4.69) is 19.2 Å². The molecule has 108 valence electrons. The fourth-order valence-corrected chi connectivity index (χ4v) is 2.30. The summed E-state index contributed by atoms with van der Waals surface area (Å²) in [5.74, 6) is 0.540. The van der Waals surface area contributed by atoms with Crippen LogP contribution in [-0.2, 0) is 4.74 Å². The standard InChI is InChI=1S/C15H24FNO2/c1-6-17-14(15(19-5)10(2)3)12-8-7-11(18-4)9-13(12)16/h7-10,14-15,17H,6H2,1-5H3. The Hall–Kier alpha value is -1.13. The van der Waals surface area contributed by atoms with Crippen molar-refractivity contribution in [2.75, 3.05) is 20.8 Å². The van der Waals surface area contributed by atoms with Crippen LogP contribution in [0.4, 0.5) is 4.39 Å². The quantitative estimate of drug-likeness (QED) is 0.825. The van der Waals surface area contributed by atoms with Crippen LogP contribution in [0.15, 0.2) is 18.2 Å². The van der Waals surface area contributed by atoms with E-state index in [0.717, 1.165) is 6.54 Å². The zero-order chi connectivity index (χ0) is 14.4. The molecule has 0 heterocycles. The Bertz CT molecular complexity index is 396. The molecule has 0 aliphatic carbocycles. The molecule has 3 nitrogen and oxygen atoms in total. The van der Waals surface area contributed by atoms with Crippen LogP contribution in [0, 0.1) is 11.7 Å². The molecule has 1 aromatic rings. The first-order valence-electron chi connectivity index (χ1n) is 6.64. The number of nitrogens with one attached hydrogen (secondary N) is 1. The third-order valence-electron chi connectivity index (χ3n) is 3.22. The van der Waals surface area contributed by atoms with E-state index in [1.165, 1.54) is 13.2 Å². The summed E-state index contributed by atoms with van der Waals surface area (Å²) in [5, 5.41) is 3.30. The van der Waals surface area contributed by atoms with Gasteiger partial charge in [-0.2, -0.15) is 0 Å². The van der Waals surface area contributed by atoms with E-state index in [1.807, 2.05) is 6.92 Å². The molecule has 0 spiro atoms. The fourth-order valence-electron chi connectivity index (χ4n) is 2.30. The van der Waals surface area contributed by atoms with Gasteiger partial charge in [-0.05, 0) is 18.5 Å². The second-order valence-corrected chi connectivity index (χ2v) is 4.87. The highest BCUT2D eigenvalue weighted by Gasteiger charge is 2.27. The van der Waals surface area contributed by atoms with Crippen molar-refractivity contribution in [3.63, 3.8) is 0 Å². The van der Waals surface area contributed by atoms with Crippen molar-refractivity contribution in [3.8, 4) is 5.75 Å². The van der Waals surface area contributed by atoms with Crippen LogP contribution < -0.4 is 10.1 Å². The van der Waals surface area contributed by atoms with Crippen LogP contribution >= 0.6 is 0 Å². The third kappa shape index (κ3) is 3.91. The first kappa shape index (κ1) is 15.9. The van der Waals surface area contributed by atoms with Gasteiger partial charge in [0.05, 0.1) is 19.3 Å². The van der Waals surface area contributed by atoms with Gasteiger partial charge in [0.25, 0.3) is 0 Å². The predicted molar refractivity (Wildman–Crippen MR) is 75.0 cm³/mol. The Labute approximate surface area is 115 Å². The molecule has 0 bridgehead atoms. The molecule has 1 N–H and O–H groups in total. The minimum Gasteiger partial charge on any atom is -0.497 e. The molecule has 1 rings (SSSR count). The molecule has 2 atom stereocenters. The van der Waals surface area contributed by atoms with Crippen molar-refractivity contribution in [2.45, 2.75) is 32.9 Å². The van der Waals surface area contributed by atoms with Crippen LogP contribution in [0.1, 0.15) is 32.4 Å². The predicted octanol–water partition coefficient (Wildman–Crippen LogP) is 3.16. The summed E-state index contributed by atoms with van der Waals surface area (Å²) in [6.45, 7) is 6.89. The van der Waals surface area contributed by atoms with Gasteiger partial charge >= 0.3 is 0 Å². The van der Waals surface area contributed by atoms with Crippen molar-refractivity contribution in [1.82, 2.24) is 5.32 Å². The summed E-state index contributed by atoms with van der Waals surface area (Å²) in [6.07, 6.45) is -0.0807. The maximum Gasteiger partial charge on any atom is 0.131 e. The Kier molecular flexibility index (Phi) is 6.25. The topological polar surface area (TPSA) is 30.5 Å². The van der Waals surface area contributed by atoms with Gasteiger partial charge in [-0.15, -0.1) is 0 Å². The summed E-state index contributed by atoms with van der Waals surface area (Å²) < 4.78 is 24.8. The molecule has 0 saturated carbocycles. The number of methoxy groups -OCH3 is 2. The lowest BCUT2D eigenvalue weighted by Crippen LogP contribution is -2.37. The fraction of sp³-hybridized carbons (Fsp3) is 0.600. The number of halogens is 1. The van der Waals surface area contributed by atoms with Gasteiger partial charge in [-0.25, -0.2) is 4.39 Å². The maximum absolute atomic E-state index is 14.2. The van der Waals surface area contributed by atoms with Crippen LogP contribution in [-0.4, -0.2) is 26.9 Å². The first-order chi connectivity index (χ1) is 9.04. The van der Waals surface area contributed by atoms with E-state index < -0.39 is 0 Å². The average Bonchev–Trinajstić information content (AvgIpc) is 2.38. The average molecular weight is 269 g/mol. The van der Waals surface area contributed by atoms with Crippen LogP contribution in [0.25, 0.3) is 0 Å². The van der Waals surface area contributed by atoms with Gasteiger partial charge in [0.1, 0.15) is 11.6 Å². The molecule has 4 heteroatoms. The molecular formula is C15H24FNO2. The Morgan fingerprint density at radius 3 is 2.37 bits per heavy atom. The largest absolute Gasteiger partial charge is 0.497 e. The molecule has 2 unspecified atom stereocenters. The first-order valence-corrected chi connectivity index (χ1v) is 6.64. The van der Waals surface area contributed by atoms with E-state index in [1.54, 1.807) is 19.2 Å². The highest BCUT2D eigenvalue weighted by atomic mass is 19.1. The molecule has 0 aliphatic rings. The zero-order valence-electron chi connectivity index (χ0n) is 12.4. The number of hydrogen-bond acceptors (Lipinski definition) is 3. The molecule has 0 aromatic heterocycles. The second-order valence-electron chi connectivity index (χ2n) is 4.87. The lowest BCUT2D eigenvalue weighted by atomic mass is 9.93. The van der Waals surface area contributed by atoms with E-state index in [0.29, 0.717) is 11.3 Å². The van der Waals surface area contributed by atoms with Gasteiger partial charge in [0.2, 0.25) is 0 Å². The van der Waals surface area contributed by atoms with E-state index in [4.69, 9.17) is 9.47 Å². The lowest BCUT2D eigenvalue weighted by molar-refractivity contribution is 0.0321. The van der Waals surface area contributed by atoms with Crippen molar-refractivity contribution >= 4 is 0 Å². The molecule has 19 heavy (non-hydrogen) atoms. The van der Waals surface area contributed by atoms with Crippen LogP contribution in [0.5, 0.6) is 5.75 Å². The molecule has 0 radical (unpaired) electrons. The molecule has 0 aliphatic heterocycles. The van der Waals surface area contributed by atoms with Gasteiger partial charge < -0.3 is 14.8 Å². The SMILES string of the molecule is CCNC(c1ccc(OC)cc1F)C(OC)C(C)C. The molecule has 0 fully saturated rings. The van der Waals surface area contributed by atoms with Gasteiger partial charge in [-0.1, -0.05) is 26.8 Å². The molecule has 1 aromatic carbocycles. The van der Waals surface area contributed by atoms with Gasteiger partial charge in [0, 0.05) is 18.7 Å². The Morgan fingerprint density at radius 1 is 1.26 bits per heavy atom. The molecular weight excluding hydrogens is 245 g/mol. The normalized spacial score (nSPS) is 14.5. The van der Waals surface area contributed by atoms with Gasteiger partial charge in [-0.3, -0.25) is 0 Å². The van der Waals surface area contributed by atoms with Crippen LogP contribution in [0.3, 0.4) is 0 Å². The minimum absolute atomic E-state index is 0.0807. The van der Waals surface area contributed by atoms with E-state index in [9.17, 15) is 4.39 Å². The molecule has 0 saturated heterocycles. The third-order valence-corrected chi connectivity index (χ3v) is 3.22. The summed E-state index contributed by atoms with van der Waals surface area (Å²) >= 11 is 0. The van der Waals surface area contributed by atoms with Crippen LogP contribution in [0.2, 0.25) is 0 Å². The van der Waals surface area contributed by atoms with Crippen molar-refractivity contribution in [3.05, 3.63) is 29.6 Å². The summed E-state index contributed by atoms with van der Waals surface area (Å²) in [5.41, 5.74) is 0.614. The Morgan fingerprint density at radius 2 is 1.95 bits per heavy atom. The Balaban J connectivity index is 3.11. The monoisotopic (exact) mass is 269 g/mol. The van der Waals surface area contributed by atoms with Gasteiger partial charge in [0.15, 0.2) is 0 Å². The molecule has 0 amide bonds. The smallest absolute Gasteiger partial charge is 0.131 e. The number of likely N-dealkylation sites (N-methyl/N-ethyl adjacent to an activating group) is 1. The number of ether oxygens (including phenoxy) is 2. The maximum atomic E-state index is 14.2. The minimum atomic E-state index is -0.270. The zero-order valence-corrected chi connectivity index (χ0v) is 12.4. The number of hydrogen-bond donors (Lipinski definition) is 1.